The Bertz CT molecular complexity index is 630. The lowest BCUT2D eigenvalue weighted by molar-refractivity contribution is 0.344. The number of halogens is 1. The van der Waals surface area contributed by atoms with Crippen LogP contribution in [0.4, 0.5) is 0 Å². The minimum absolute atomic E-state index is 0. The van der Waals surface area contributed by atoms with Gasteiger partial charge in [0.25, 0.3) is 0 Å². The van der Waals surface area contributed by atoms with Gasteiger partial charge in [0.05, 0.1) is 4.90 Å². The van der Waals surface area contributed by atoms with Crippen LogP contribution in [0.25, 0.3) is 0 Å². The van der Waals surface area contributed by atoms with E-state index in [1.165, 1.54) is 11.1 Å². The number of rotatable bonds is 1. The van der Waals surface area contributed by atoms with Crippen LogP contribution in [0.1, 0.15) is 36.0 Å². The van der Waals surface area contributed by atoms with Gasteiger partial charge in [0.15, 0.2) is 0 Å². The van der Waals surface area contributed by atoms with Gasteiger partial charge < -0.3 is 5.32 Å². The van der Waals surface area contributed by atoms with Crippen molar-refractivity contribution in [3.8, 4) is 0 Å². The zero-order valence-electron chi connectivity index (χ0n) is 11.1. The van der Waals surface area contributed by atoms with Crippen LogP contribution in [0.5, 0.6) is 0 Å². The molecule has 1 aliphatic heterocycles. The van der Waals surface area contributed by atoms with Gasteiger partial charge in [-0.15, -0.1) is 12.4 Å². The van der Waals surface area contributed by atoms with Crippen molar-refractivity contribution in [1.29, 1.82) is 0 Å². The van der Waals surface area contributed by atoms with Gasteiger partial charge in [-0.3, -0.25) is 0 Å². The van der Waals surface area contributed by atoms with E-state index >= 15 is 0 Å². The van der Waals surface area contributed by atoms with Gasteiger partial charge in [0, 0.05) is 18.5 Å². The summed E-state index contributed by atoms with van der Waals surface area (Å²) < 4.78 is 23.2. The zero-order valence-corrected chi connectivity index (χ0v) is 12.7. The molecule has 2 atom stereocenters. The van der Waals surface area contributed by atoms with Crippen molar-refractivity contribution in [2.24, 2.45) is 5.14 Å². The Morgan fingerprint density at radius 1 is 1.42 bits per heavy atom. The Morgan fingerprint density at radius 2 is 2.11 bits per heavy atom. The smallest absolute Gasteiger partial charge is 0.238 e. The predicted octanol–water partition coefficient (Wildman–Crippen LogP) is 1.41. The molecule has 1 heterocycles. The van der Waals surface area contributed by atoms with Gasteiger partial charge in [0.2, 0.25) is 10.0 Å². The number of primary sulfonamides is 1. The average molecular weight is 303 g/mol. The summed E-state index contributed by atoms with van der Waals surface area (Å²) in [6.45, 7) is 5.98. The molecule has 1 aromatic rings. The fourth-order valence-corrected chi connectivity index (χ4v) is 4.57. The maximum Gasteiger partial charge on any atom is 0.238 e. The Labute approximate surface area is 120 Å². The molecule has 0 radical (unpaired) electrons. The van der Waals surface area contributed by atoms with Crippen LogP contribution >= 0.6 is 12.4 Å². The van der Waals surface area contributed by atoms with Crippen molar-refractivity contribution in [3.05, 3.63) is 28.8 Å². The highest BCUT2D eigenvalue weighted by Gasteiger charge is 2.44. The van der Waals surface area contributed by atoms with Crippen LogP contribution in [0.15, 0.2) is 17.0 Å². The topological polar surface area (TPSA) is 72.2 Å². The highest BCUT2D eigenvalue weighted by molar-refractivity contribution is 7.89. The van der Waals surface area contributed by atoms with E-state index < -0.39 is 10.0 Å². The normalized spacial score (nSPS) is 28.7. The summed E-state index contributed by atoms with van der Waals surface area (Å²) in [7, 11) is -3.63. The molecule has 4 nitrogen and oxygen atoms in total. The second-order valence-corrected chi connectivity index (χ2v) is 7.32. The third kappa shape index (κ3) is 2.09. The van der Waals surface area contributed by atoms with Gasteiger partial charge in [-0.1, -0.05) is 13.0 Å². The van der Waals surface area contributed by atoms with Crippen LogP contribution < -0.4 is 10.5 Å². The van der Waals surface area contributed by atoms with E-state index in [9.17, 15) is 8.42 Å². The standard InChI is InChI=1S/C13H18N2O2S.ClH/c1-8-11(18(14,16)17)4-3-10-9-5-13(2,12(8)10)7-15-6-9;/h3-4,9,15H,5-7H2,1-2H3,(H2,14,16,17);1H. The summed E-state index contributed by atoms with van der Waals surface area (Å²) in [6, 6.07) is 3.61. The van der Waals surface area contributed by atoms with Crippen LogP contribution in [0.2, 0.25) is 0 Å². The monoisotopic (exact) mass is 302 g/mol. The van der Waals surface area contributed by atoms with Gasteiger partial charge >= 0.3 is 0 Å². The fourth-order valence-electron chi connectivity index (χ4n) is 3.78. The van der Waals surface area contributed by atoms with Crippen molar-refractivity contribution in [1.82, 2.24) is 5.32 Å². The van der Waals surface area contributed by atoms with Gasteiger partial charge in [-0.05, 0) is 42.0 Å². The molecule has 0 aromatic heterocycles. The summed E-state index contributed by atoms with van der Waals surface area (Å²) in [5.74, 6) is 0.506. The van der Waals surface area contributed by atoms with Gasteiger partial charge in [-0.25, -0.2) is 13.6 Å². The van der Waals surface area contributed by atoms with E-state index in [-0.39, 0.29) is 22.7 Å². The van der Waals surface area contributed by atoms with Crippen LogP contribution in [-0.2, 0) is 15.4 Å². The third-order valence-corrected chi connectivity index (χ3v) is 5.46. The second kappa shape index (κ2) is 4.45. The first-order chi connectivity index (χ1) is 8.33. The molecule has 2 bridgehead atoms. The Hall–Kier alpha value is -0.620. The minimum atomic E-state index is -3.63. The van der Waals surface area contributed by atoms with Crippen molar-refractivity contribution >= 4 is 22.4 Å². The molecular formula is C13H19ClN2O2S. The molecule has 19 heavy (non-hydrogen) atoms. The van der Waals surface area contributed by atoms with E-state index in [1.54, 1.807) is 6.07 Å². The summed E-state index contributed by atoms with van der Waals surface area (Å²) in [5.41, 5.74) is 3.38. The first kappa shape index (κ1) is 14.8. The first-order valence-electron chi connectivity index (χ1n) is 6.20. The molecule has 1 fully saturated rings. The number of hydrogen-bond donors (Lipinski definition) is 2. The molecule has 1 aromatic carbocycles. The summed E-state index contributed by atoms with van der Waals surface area (Å²) >= 11 is 0. The molecule has 6 heteroatoms. The Kier molecular flexibility index (Phi) is 3.46. The molecule has 0 amide bonds. The molecule has 2 unspecified atom stereocenters. The molecule has 3 N–H and O–H groups in total. The number of piperidine rings is 1. The van der Waals surface area contributed by atoms with Crippen molar-refractivity contribution in [2.75, 3.05) is 13.1 Å². The minimum Gasteiger partial charge on any atom is -0.315 e. The van der Waals surface area contributed by atoms with Crippen molar-refractivity contribution < 1.29 is 8.42 Å². The lowest BCUT2D eigenvalue weighted by Crippen LogP contribution is -2.40. The quantitative estimate of drug-likeness (QED) is 0.824. The van der Waals surface area contributed by atoms with Crippen LogP contribution in [0, 0.1) is 6.92 Å². The Balaban J connectivity index is 0.00000133. The number of hydrogen-bond acceptors (Lipinski definition) is 3. The molecule has 3 rings (SSSR count). The third-order valence-electron chi connectivity index (χ3n) is 4.40. The van der Waals surface area contributed by atoms with Gasteiger partial charge in [0.1, 0.15) is 0 Å². The average Bonchev–Trinajstić information content (AvgIpc) is 2.45. The number of nitrogens with one attached hydrogen (secondary N) is 1. The lowest BCUT2D eigenvalue weighted by Gasteiger charge is -2.31. The van der Waals surface area contributed by atoms with E-state index in [1.807, 2.05) is 13.0 Å². The summed E-state index contributed by atoms with van der Waals surface area (Å²) in [4.78, 5) is 0.273. The largest absolute Gasteiger partial charge is 0.315 e. The lowest BCUT2D eigenvalue weighted by atomic mass is 9.80. The van der Waals surface area contributed by atoms with E-state index in [0.717, 1.165) is 25.1 Å². The van der Waals surface area contributed by atoms with Crippen LogP contribution in [-0.4, -0.2) is 21.5 Å². The van der Waals surface area contributed by atoms with E-state index in [4.69, 9.17) is 5.14 Å². The summed E-state index contributed by atoms with van der Waals surface area (Å²) in [5, 5.41) is 8.73. The molecule has 2 aliphatic rings. The van der Waals surface area contributed by atoms with Crippen molar-refractivity contribution in [2.45, 2.75) is 36.5 Å². The molecule has 1 aliphatic carbocycles. The highest BCUT2D eigenvalue weighted by atomic mass is 35.5. The number of nitrogens with two attached hydrogens (primary N) is 1. The maximum absolute atomic E-state index is 11.6. The number of benzene rings is 1. The van der Waals surface area contributed by atoms with Crippen LogP contribution in [0.3, 0.4) is 0 Å². The maximum atomic E-state index is 11.6. The summed E-state index contributed by atoms with van der Waals surface area (Å²) in [6.07, 6.45) is 1.10. The highest BCUT2D eigenvalue weighted by Crippen LogP contribution is 2.49. The zero-order chi connectivity index (χ0) is 13.1. The number of sulfonamides is 1. The molecule has 0 saturated carbocycles. The SMILES string of the molecule is Cc1c(S(N)(=O)=O)ccc2c1C1(C)CNCC2C1.Cl. The molecule has 0 spiro atoms. The molecule has 1 saturated heterocycles. The molecule has 106 valence electrons. The van der Waals surface area contributed by atoms with Gasteiger partial charge in [-0.2, -0.15) is 0 Å². The van der Waals surface area contributed by atoms with Crippen molar-refractivity contribution in [3.63, 3.8) is 0 Å². The number of fused-ring (bicyclic) bond motifs is 5. The predicted molar refractivity (Wildman–Crippen MR) is 77.4 cm³/mol. The van der Waals surface area contributed by atoms with E-state index in [0.29, 0.717) is 5.92 Å². The first-order valence-corrected chi connectivity index (χ1v) is 7.75. The fraction of sp³-hybridized carbons (Fsp3) is 0.538. The second-order valence-electron chi connectivity index (χ2n) is 5.79. The van der Waals surface area contributed by atoms with E-state index in [2.05, 4.69) is 12.2 Å². The Morgan fingerprint density at radius 3 is 2.74 bits per heavy atom. The molecular weight excluding hydrogens is 284 g/mol.